The first-order valence-corrected chi connectivity index (χ1v) is 7.81. The average Bonchev–Trinajstić information content (AvgIpc) is 2.40. The Morgan fingerprint density at radius 2 is 2.44 bits per heavy atom. The molecular formula is C14H22N2OS. The molecule has 3 nitrogen and oxygen atoms in total. The zero-order valence-corrected chi connectivity index (χ0v) is 12.0. The van der Waals surface area contributed by atoms with E-state index in [1.165, 1.54) is 11.1 Å². The van der Waals surface area contributed by atoms with Crippen LogP contribution in [0.2, 0.25) is 0 Å². The van der Waals surface area contributed by atoms with Crippen LogP contribution in [0.25, 0.3) is 0 Å². The Balaban J connectivity index is 2.12. The molecule has 2 heterocycles. The maximum absolute atomic E-state index is 5.92. The predicted molar refractivity (Wildman–Crippen MR) is 77.1 cm³/mol. The molecule has 1 aliphatic rings. The van der Waals surface area contributed by atoms with Crippen molar-refractivity contribution in [2.45, 2.75) is 32.4 Å². The van der Waals surface area contributed by atoms with Crippen molar-refractivity contribution in [2.24, 2.45) is 0 Å². The van der Waals surface area contributed by atoms with Gasteiger partial charge in [0.05, 0.1) is 18.8 Å². The summed E-state index contributed by atoms with van der Waals surface area (Å²) in [4.78, 5) is 4.31. The molecule has 0 radical (unpaired) electrons. The fourth-order valence-corrected chi connectivity index (χ4v) is 3.11. The van der Waals surface area contributed by atoms with Gasteiger partial charge in [-0.25, -0.2) is 0 Å². The maximum atomic E-state index is 5.92. The van der Waals surface area contributed by atoms with Crippen molar-refractivity contribution in [3.8, 4) is 0 Å². The number of hydrogen-bond donors (Lipinski definition) is 1. The van der Waals surface area contributed by atoms with E-state index in [1.807, 2.05) is 24.2 Å². The second kappa shape index (κ2) is 7.12. The van der Waals surface area contributed by atoms with E-state index in [4.69, 9.17) is 4.74 Å². The zero-order valence-electron chi connectivity index (χ0n) is 11.2. The molecule has 2 unspecified atom stereocenters. The van der Waals surface area contributed by atoms with Gasteiger partial charge in [-0.2, -0.15) is 11.8 Å². The minimum Gasteiger partial charge on any atom is -0.375 e. The fourth-order valence-electron chi connectivity index (χ4n) is 2.21. The number of aromatic nitrogens is 1. The van der Waals surface area contributed by atoms with Gasteiger partial charge >= 0.3 is 0 Å². The standard InChI is InChI=1S/C14H22N2OS/c1-3-4-16-14(13-10-18-6-5-17-13)12-7-11(2)8-15-9-12/h7-9,13-14,16H,3-6,10H2,1-2H3. The zero-order chi connectivity index (χ0) is 12.8. The Hall–Kier alpha value is -0.580. The van der Waals surface area contributed by atoms with Crippen LogP contribution in [-0.2, 0) is 4.74 Å². The first-order valence-electron chi connectivity index (χ1n) is 6.65. The molecule has 1 aliphatic heterocycles. The summed E-state index contributed by atoms with van der Waals surface area (Å²) < 4.78 is 5.92. The van der Waals surface area contributed by atoms with Crippen LogP contribution in [0, 0.1) is 6.92 Å². The Kier molecular flexibility index (Phi) is 5.47. The molecule has 0 aliphatic carbocycles. The van der Waals surface area contributed by atoms with Gasteiger partial charge in [0, 0.05) is 23.9 Å². The Labute approximate surface area is 114 Å². The molecule has 1 aromatic rings. The van der Waals surface area contributed by atoms with Crippen LogP contribution in [0.5, 0.6) is 0 Å². The molecule has 1 N–H and O–H groups in total. The lowest BCUT2D eigenvalue weighted by molar-refractivity contribution is 0.0467. The normalized spacial score (nSPS) is 21.8. The van der Waals surface area contributed by atoms with Gasteiger partial charge in [-0.05, 0) is 31.0 Å². The van der Waals surface area contributed by atoms with E-state index in [0.29, 0.717) is 0 Å². The number of thioether (sulfide) groups is 1. The van der Waals surface area contributed by atoms with Crippen molar-refractivity contribution in [1.29, 1.82) is 0 Å². The summed E-state index contributed by atoms with van der Waals surface area (Å²) in [5.74, 6) is 2.18. The Bertz CT molecular complexity index is 367. The van der Waals surface area contributed by atoms with Crippen LogP contribution in [0.3, 0.4) is 0 Å². The van der Waals surface area contributed by atoms with Crippen LogP contribution in [0.4, 0.5) is 0 Å². The molecule has 1 fully saturated rings. The number of nitrogens with zero attached hydrogens (tertiary/aromatic N) is 1. The molecule has 0 saturated carbocycles. The lowest BCUT2D eigenvalue weighted by Crippen LogP contribution is -2.38. The van der Waals surface area contributed by atoms with E-state index < -0.39 is 0 Å². The van der Waals surface area contributed by atoms with Crippen LogP contribution < -0.4 is 5.32 Å². The van der Waals surface area contributed by atoms with Gasteiger partial charge in [0.25, 0.3) is 0 Å². The van der Waals surface area contributed by atoms with Gasteiger partial charge in [-0.3, -0.25) is 4.98 Å². The quantitative estimate of drug-likeness (QED) is 0.888. The molecule has 1 aromatic heterocycles. The minimum atomic E-state index is 0.263. The third-order valence-electron chi connectivity index (χ3n) is 3.08. The highest BCUT2D eigenvalue weighted by Gasteiger charge is 2.26. The van der Waals surface area contributed by atoms with E-state index in [9.17, 15) is 0 Å². The summed E-state index contributed by atoms with van der Waals surface area (Å²) in [6.45, 7) is 6.15. The Morgan fingerprint density at radius 3 is 3.11 bits per heavy atom. The predicted octanol–water partition coefficient (Wildman–Crippen LogP) is 2.56. The van der Waals surface area contributed by atoms with Crippen LogP contribution in [0.15, 0.2) is 18.5 Å². The number of pyridine rings is 1. The van der Waals surface area contributed by atoms with E-state index in [1.54, 1.807) is 0 Å². The van der Waals surface area contributed by atoms with Gasteiger partial charge in [-0.1, -0.05) is 13.0 Å². The first-order chi connectivity index (χ1) is 8.81. The van der Waals surface area contributed by atoms with E-state index in [2.05, 4.69) is 30.2 Å². The molecule has 4 heteroatoms. The number of ether oxygens (including phenoxy) is 1. The third kappa shape index (κ3) is 3.70. The molecule has 0 spiro atoms. The van der Waals surface area contributed by atoms with Crippen LogP contribution in [-0.4, -0.2) is 35.7 Å². The largest absolute Gasteiger partial charge is 0.375 e. The second-order valence-corrected chi connectivity index (χ2v) is 5.86. The SMILES string of the molecule is CCCNC(c1cncc(C)c1)C1CSCCO1. The number of rotatable bonds is 5. The topological polar surface area (TPSA) is 34.2 Å². The molecule has 2 atom stereocenters. The number of hydrogen-bond acceptors (Lipinski definition) is 4. The number of aryl methyl sites for hydroxylation is 1. The van der Waals surface area contributed by atoms with Crippen LogP contribution >= 0.6 is 11.8 Å². The smallest absolute Gasteiger partial charge is 0.0860 e. The van der Waals surface area contributed by atoms with E-state index in [0.717, 1.165) is 31.1 Å². The highest BCUT2D eigenvalue weighted by molar-refractivity contribution is 7.99. The molecular weight excluding hydrogens is 244 g/mol. The van der Waals surface area contributed by atoms with Crippen LogP contribution in [0.1, 0.15) is 30.5 Å². The summed E-state index contributed by atoms with van der Waals surface area (Å²) in [5.41, 5.74) is 2.45. The molecule has 1 saturated heterocycles. The van der Waals surface area contributed by atoms with Crippen molar-refractivity contribution in [2.75, 3.05) is 24.7 Å². The lowest BCUT2D eigenvalue weighted by atomic mass is 10.0. The van der Waals surface area contributed by atoms with Gasteiger partial charge < -0.3 is 10.1 Å². The lowest BCUT2D eigenvalue weighted by Gasteiger charge is -2.31. The van der Waals surface area contributed by atoms with Gasteiger partial charge in [0.1, 0.15) is 0 Å². The van der Waals surface area contributed by atoms with E-state index in [-0.39, 0.29) is 12.1 Å². The first kappa shape index (κ1) is 13.8. The molecule has 0 bridgehead atoms. The third-order valence-corrected chi connectivity index (χ3v) is 4.10. The second-order valence-electron chi connectivity index (χ2n) is 4.71. The molecule has 0 aromatic carbocycles. The Morgan fingerprint density at radius 1 is 1.56 bits per heavy atom. The minimum absolute atomic E-state index is 0.263. The van der Waals surface area contributed by atoms with Gasteiger partial charge in [0.2, 0.25) is 0 Å². The summed E-state index contributed by atoms with van der Waals surface area (Å²) >= 11 is 1.98. The summed E-state index contributed by atoms with van der Waals surface area (Å²) in [6.07, 6.45) is 5.26. The number of nitrogens with one attached hydrogen (secondary N) is 1. The monoisotopic (exact) mass is 266 g/mol. The maximum Gasteiger partial charge on any atom is 0.0860 e. The molecule has 0 amide bonds. The highest BCUT2D eigenvalue weighted by atomic mass is 32.2. The van der Waals surface area contributed by atoms with Crippen molar-refractivity contribution in [3.05, 3.63) is 29.6 Å². The summed E-state index contributed by atoms with van der Waals surface area (Å²) in [6, 6.07) is 2.48. The van der Waals surface area contributed by atoms with Gasteiger partial charge in [-0.15, -0.1) is 0 Å². The van der Waals surface area contributed by atoms with Crippen molar-refractivity contribution in [1.82, 2.24) is 10.3 Å². The highest BCUT2D eigenvalue weighted by Crippen LogP contribution is 2.25. The average molecular weight is 266 g/mol. The van der Waals surface area contributed by atoms with Crippen molar-refractivity contribution >= 4 is 11.8 Å². The molecule has 18 heavy (non-hydrogen) atoms. The molecule has 100 valence electrons. The van der Waals surface area contributed by atoms with Crippen molar-refractivity contribution in [3.63, 3.8) is 0 Å². The van der Waals surface area contributed by atoms with E-state index >= 15 is 0 Å². The summed E-state index contributed by atoms with van der Waals surface area (Å²) in [5, 5.41) is 3.60. The summed E-state index contributed by atoms with van der Waals surface area (Å²) in [7, 11) is 0. The fraction of sp³-hybridized carbons (Fsp3) is 0.643. The molecule has 2 rings (SSSR count). The van der Waals surface area contributed by atoms with Crippen molar-refractivity contribution < 1.29 is 4.74 Å². The van der Waals surface area contributed by atoms with Gasteiger partial charge in [0.15, 0.2) is 0 Å².